The minimum absolute atomic E-state index is 0.613. The third kappa shape index (κ3) is 6.76. The fraction of sp³-hybridized carbons (Fsp3) is 0.0172. The molecule has 2 heterocycles. The van der Waals surface area contributed by atoms with Crippen LogP contribution in [0.2, 0.25) is 0 Å². The van der Waals surface area contributed by atoms with Crippen molar-refractivity contribution in [1.82, 2.24) is 19.5 Å². The van der Waals surface area contributed by atoms with Gasteiger partial charge in [0.05, 0.1) is 11.0 Å². The van der Waals surface area contributed by atoms with E-state index >= 15 is 0 Å². The number of hydrogen-bond donors (Lipinski definition) is 0. The van der Waals surface area contributed by atoms with E-state index in [0.717, 1.165) is 44.5 Å². The number of benzene rings is 9. The van der Waals surface area contributed by atoms with Crippen molar-refractivity contribution >= 4 is 50.6 Å². The third-order valence-electron chi connectivity index (χ3n) is 12.3. The Labute approximate surface area is 368 Å². The summed E-state index contributed by atoms with van der Waals surface area (Å²) in [4.78, 5) is 15.7. The topological polar surface area (TPSA) is 43.6 Å². The molecule has 0 aliphatic heterocycles. The average molecular weight is 823 g/mol. The molecule has 63 heavy (non-hydrogen) atoms. The zero-order chi connectivity index (χ0) is 42.2. The van der Waals surface area contributed by atoms with Crippen LogP contribution in [0.1, 0.15) is 5.56 Å². The van der Waals surface area contributed by atoms with Crippen LogP contribution in [0.25, 0.3) is 72.8 Å². The second kappa shape index (κ2) is 16.1. The highest BCUT2D eigenvalue weighted by Crippen LogP contribution is 2.38. The van der Waals surface area contributed by atoms with E-state index in [4.69, 9.17) is 15.0 Å². The van der Waals surface area contributed by atoms with E-state index in [1.807, 2.05) is 36.4 Å². The van der Waals surface area contributed by atoms with Crippen molar-refractivity contribution in [2.45, 2.75) is 6.92 Å². The van der Waals surface area contributed by atoms with E-state index in [1.54, 1.807) is 0 Å². The molecule has 0 saturated carbocycles. The van der Waals surface area contributed by atoms with Crippen LogP contribution < -0.4 is 20.7 Å². The number of rotatable bonds is 9. The van der Waals surface area contributed by atoms with Crippen LogP contribution in [-0.2, 0) is 0 Å². The molecule has 11 aromatic rings. The van der Waals surface area contributed by atoms with Gasteiger partial charge in [-0.2, -0.15) is 0 Å². The fourth-order valence-electron chi connectivity index (χ4n) is 9.37. The predicted molar refractivity (Wildman–Crippen MR) is 264 cm³/mol. The van der Waals surface area contributed by atoms with Crippen LogP contribution in [-0.4, -0.2) is 27.6 Å². The summed E-state index contributed by atoms with van der Waals surface area (Å²) in [6.07, 6.45) is 0. The lowest BCUT2D eigenvalue weighted by Crippen LogP contribution is -2.74. The van der Waals surface area contributed by atoms with Crippen LogP contribution in [0, 0.1) is 6.92 Å². The SMILES string of the molecule is Cc1ccc2c(c1)c1ccccc1n2-c1ccc(-c2ccc([Si](c3ccccc3)(c3ccccc3)c3ccccc3)cc2)c(-c2nc(-c3ccccc3)nc(-c3ccccc3)n2)c1. The van der Waals surface area contributed by atoms with E-state index in [0.29, 0.717) is 17.5 Å². The highest BCUT2D eigenvalue weighted by Gasteiger charge is 2.41. The first-order chi connectivity index (χ1) is 31.1. The Morgan fingerprint density at radius 2 is 0.794 bits per heavy atom. The molecule has 4 nitrogen and oxygen atoms in total. The molecule has 0 amide bonds. The van der Waals surface area contributed by atoms with Crippen LogP contribution in [0.15, 0.2) is 237 Å². The van der Waals surface area contributed by atoms with Crippen molar-refractivity contribution in [1.29, 1.82) is 0 Å². The van der Waals surface area contributed by atoms with Crippen LogP contribution >= 0.6 is 0 Å². The Kier molecular flexibility index (Phi) is 9.72. The van der Waals surface area contributed by atoms with Crippen molar-refractivity contribution in [3.63, 3.8) is 0 Å². The lowest BCUT2D eigenvalue weighted by atomic mass is 9.98. The molecule has 5 heteroatoms. The van der Waals surface area contributed by atoms with Crippen molar-refractivity contribution in [2.24, 2.45) is 0 Å². The number of hydrogen-bond acceptors (Lipinski definition) is 3. The number of para-hydroxylation sites is 1. The first kappa shape index (κ1) is 38.0. The molecule has 0 N–H and O–H groups in total. The standard InChI is InChI=1S/C58H42N4Si/c1-41-31-38-55-52(39-41)51-29-17-18-30-54(51)62(55)45-34-37-50(53(40-45)58-60-56(43-19-7-2-8-20-43)59-57(61-58)44-21-9-3-10-22-44)42-32-35-49(36-33-42)63(46-23-11-4-12-24-46,47-25-13-5-14-26-47)48-27-15-6-16-28-48/h2-40H,1H3. The molecule has 9 aromatic carbocycles. The second-order valence-electron chi connectivity index (χ2n) is 16.1. The van der Waals surface area contributed by atoms with Gasteiger partial charge in [0, 0.05) is 33.2 Å². The third-order valence-corrected chi connectivity index (χ3v) is 17.1. The van der Waals surface area contributed by atoms with Crippen molar-refractivity contribution in [2.75, 3.05) is 0 Å². The quantitative estimate of drug-likeness (QED) is 0.108. The lowest BCUT2D eigenvalue weighted by Gasteiger charge is -2.34. The van der Waals surface area contributed by atoms with Gasteiger partial charge < -0.3 is 4.57 Å². The Morgan fingerprint density at radius 3 is 1.35 bits per heavy atom. The van der Waals surface area contributed by atoms with Crippen molar-refractivity contribution in [3.8, 4) is 51.0 Å². The summed E-state index contributed by atoms with van der Waals surface area (Å²) in [5.74, 6) is 1.87. The van der Waals surface area contributed by atoms with E-state index < -0.39 is 8.07 Å². The molecule has 0 fully saturated rings. The maximum absolute atomic E-state index is 5.30. The van der Waals surface area contributed by atoms with Gasteiger partial charge in [0.2, 0.25) is 0 Å². The summed E-state index contributed by atoms with van der Waals surface area (Å²) in [7, 11) is -2.73. The Bertz CT molecular complexity index is 3220. The zero-order valence-corrected chi connectivity index (χ0v) is 35.8. The van der Waals surface area contributed by atoms with Gasteiger partial charge in [-0.1, -0.05) is 212 Å². The highest BCUT2D eigenvalue weighted by molar-refractivity contribution is 7.19. The smallest absolute Gasteiger partial charge is 0.179 e. The van der Waals surface area contributed by atoms with Gasteiger partial charge in [-0.25, -0.2) is 15.0 Å². The molecule has 11 rings (SSSR count). The van der Waals surface area contributed by atoms with Crippen LogP contribution in [0.4, 0.5) is 0 Å². The van der Waals surface area contributed by atoms with E-state index in [-0.39, 0.29) is 0 Å². The molecule has 2 aromatic heterocycles. The Morgan fingerprint density at radius 1 is 0.333 bits per heavy atom. The van der Waals surface area contributed by atoms with Gasteiger partial charge in [-0.15, -0.1) is 0 Å². The number of nitrogens with zero attached hydrogens (tertiary/aromatic N) is 4. The van der Waals surface area contributed by atoms with Crippen molar-refractivity contribution in [3.05, 3.63) is 242 Å². The zero-order valence-electron chi connectivity index (χ0n) is 34.8. The molecule has 0 saturated heterocycles. The van der Waals surface area contributed by atoms with Gasteiger partial charge in [-0.3, -0.25) is 0 Å². The van der Waals surface area contributed by atoms with E-state index in [9.17, 15) is 0 Å². The maximum Gasteiger partial charge on any atom is 0.179 e. The van der Waals surface area contributed by atoms with Crippen molar-refractivity contribution < 1.29 is 0 Å². The first-order valence-electron chi connectivity index (χ1n) is 21.4. The lowest BCUT2D eigenvalue weighted by molar-refractivity contribution is 1.07. The number of fused-ring (bicyclic) bond motifs is 3. The van der Waals surface area contributed by atoms with Gasteiger partial charge in [0.15, 0.2) is 25.5 Å². The normalized spacial score (nSPS) is 11.6. The molecule has 0 atom stereocenters. The predicted octanol–water partition coefficient (Wildman–Crippen LogP) is 11.3. The fourth-order valence-corrected chi connectivity index (χ4v) is 14.1. The monoisotopic (exact) mass is 822 g/mol. The van der Waals surface area contributed by atoms with Gasteiger partial charge >= 0.3 is 0 Å². The molecular formula is C58H42N4Si. The minimum Gasteiger partial charge on any atom is -0.309 e. The summed E-state index contributed by atoms with van der Waals surface area (Å²) < 4.78 is 2.37. The second-order valence-corrected chi connectivity index (χ2v) is 19.9. The molecule has 0 unspecified atom stereocenters. The molecule has 0 spiro atoms. The van der Waals surface area contributed by atoms with E-state index in [1.165, 1.54) is 37.1 Å². The minimum atomic E-state index is -2.73. The highest BCUT2D eigenvalue weighted by atomic mass is 28.3. The summed E-state index contributed by atoms with van der Waals surface area (Å²) in [6, 6.07) is 85.1. The van der Waals surface area contributed by atoms with E-state index in [2.05, 4.69) is 212 Å². The molecule has 0 radical (unpaired) electrons. The number of aromatic nitrogens is 4. The average Bonchev–Trinajstić information content (AvgIpc) is 3.69. The molecular weight excluding hydrogens is 781 g/mol. The summed E-state index contributed by atoms with van der Waals surface area (Å²) in [5, 5.41) is 7.79. The molecule has 0 aliphatic carbocycles. The maximum atomic E-state index is 5.30. The summed E-state index contributed by atoms with van der Waals surface area (Å²) in [5.41, 5.74) is 9.48. The largest absolute Gasteiger partial charge is 0.309 e. The molecule has 298 valence electrons. The van der Waals surface area contributed by atoms with Gasteiger partial charge in [0.25, 0.3) is 0 Å². The van der Waals surface area contributed by atoms with Crippen LogP contribution in [0.5, 0.6) is 0 Å². The summed E-state index contributed by atoms with van der Waals surface area (Å²) >= 11 is 0. The molecule has 0 aliphatic rings. The number of aryl methyl sites for hydroxylation is 1. The van der Waals surface area contributed by atoms with Gasteiger partial charge in [-0.05, 0) is 69.1 Å². The summed E-state index contributed by atoms with van der Waals surface area (Å²) in [6.45, 7) is 2.16. The Balaban J connectivity index is 1.16. The Hall–Kier alpha value is -7.99. The first-order valence-corrected chi connectivity index (χ1v) is 23.4. The van der Waals surface area contributed by atoms with Crippen LogP contribution in [0.3, 0.4) is 0 Å². The molecule has 0 bridgehead atoms. The van der Waals surface area contributed by atoms with Gasteiger partial charge in [0.1, 0.15) is 0 Å².